The SMILES string of the molecule is COc1cnc(-c2cc(-c3ccc(F)c([C@]4(C)C[S@@](=O)(=NCC(F)(F)F)C(C)(C)C(N)=N4)c3)on2)cn1. The van der Waals surface area contributed by atoms with Gasteiger partial charge in [-0.15, -0.1) is 0 Å². The predicted molar refractivity (Wildman–Crippen MR) is 129 cm³/mol. The standard InChI is InChI=1S/C23H24F4N6O3S/c1-21(2)20(28)32-22(3,12-37(21,34)31-11-23(25,26)27)14-7-13(5-6-15(14)24)18-8-16(33-36-18)17-9-30-19(35-4)10-29-17/h5-10H,11-12H2,1-4H3,(H2,28,32)/t22-,37-/m0/s1. The third kappa shape index (κ3) is 5.02. The summed E-state index contributed by atoms with van der Waals surface area (Å²) in [4.78, 5) is 12.7. The van der Waals surface area contributed by atoms with Crippen molar-refractivity contribution in [1.29, 1.82) is 0 Å². The van der Waals surface area contributed by atoms with Crippen LogP contribution in [0.4, 0.5) is 17.6 Å². The number of hydrogen-bond acceptors (Lipinski definition) is 9. The second-order valence-corrected chi connectivity index (χ2v) is 12.0. The number of methoxy groups -OCH3 is 1. The van der Waals surface area contributed by atoms with Crippen LogP contribution >= 0.6 is 0 Å². The van der Waals surface area contributed by atoms with E-state index in [1.54, 1.807) is 6.07 Å². The Kier molecular flexibility index (Phi) is 6.51. The molecule has 0 bridgehead atoms. The van der Waals surface area contributed by atoms with E-state index in [0.29, 0.717) is 22.8 Å². The zero-order valence-electron chi connectivity index (χ0n) is 20.3. The predicted octanol–water partition coefficient (Wildman–Crippen LogP) is 4.34. The molecule has 9 nitrogen and oxygen atoms in total. The van der Waals surface area contributed by atoms with Crippen LogP contribution in [0.2, 0.25) is 0 Å². The lowest BCUT2D eigenvalue weighted by molar-refractivity contribution is -0.117. The molecule has 0 spiro atoms. The van der Waals surface area contributed by atoms with Crippen LogP contribution in [-0.2, 0) is 15.3 Å². The molecule has 0 amide bonds. The smallest absolute Gasteiger partial charge is 0.408 e. The van der Waals surface area contributed by atoms with Gasteiger partial charge in [0.15, 0.2) is 5.76 Å². The van der Waals surface area contributed by atoms with Gasteiger partial charge >= 0.3 is 6.18 Å². The fourth-order valence-corrected chi connectivity index (χ4v) is 6.34. The third-order valence-electron chi connectivity index (χ3n) is 6.15. The lowest BCUT2D eigenvalue weighted by atomic mass is 9.91. The Morgan fingerprint density at radius 2 is 1.89 bits per heavy atom. The zero-order chi connectivity index (χ0) is 27.2. The molecule has 4 rings (SSSR count). The summed E-state index contributed by atoms with van der Waals surface area (Å²) in [5.41, 5.74) is 5.66. The number of rotatable bonds is 5. The van der Waals surface area contributed by atoms with E-state index in [0.717, 1.165) is 6.07 Å². The number of ether oxygens (including phenoxy) is 1. The first-order valence-electron chi connectivity index (χ1n) is 10.9. The van der Waals surface area contributed by atoms with Crippen LogP contribution < -0.4 is 10.5 Å². The van der Waals surface area contributed by atoms with Crippen molar-refractivity contribution in [2.45, 2.75) is 37.2 Å². The normalized spacial score (nSPS) is 23.4. The molecule has 2 aromatic heterocycles. The number of halogens is 4. The Morgan fingerprint density at radius 1 is 1.16 bits per heavy atom. The summed E-state index contributed by atoms with van der Waals surface area (Å²) in [6.07, 6.45) is -1.81. The van der Waals surface area contributed by atoms with Gasteiger partial charge in [0.2, 0.25) is 5.88 Å². The topological polar surface area (TPSA) is 129 Å². The Morgan fingerprint density at radius 3 is 2.51 bits per heavy atom. The fourth-order valence-electron chi connectivity index (χ4n) is 3.86. The van der Waals surface area contributed by atoms with E-state index < -0.39 is 44.3 Å². The Labute approximate surface area is 210 Å². The van der Waals surface area contributed by atoms with E-state index >= 15 is 4.39 Å². The van der Waals surface area contributed by atoms with Gasteiger partial charge in [-0.3, -0.25) is 4.99 Å². The molecule has 0 unspecified atom stereocenters. The van der Waals surface area contributed by atoms with Crippen molar-refractivity contribution in [3.05, 3.63) is 48.0 Å². The molecule has 0 fully saturated rings. The minimum Gasteiger partial charge on any atom is -0.480 e. The van der Waals surface area contributed by atoms with Crippen molar-refractivity contribution in [1.82, 2.24) is 15.1 Å². The second-order valence-electron chi connectivity index (χ2n) is 9.18. The largest absolute Gasteiger partial charge is 0.480 e. The molecule has 1 aromatic carbocycles. The molecule has 37 heavy (non-hydrogen) atoms. The van der Waals surface area contributed by atoms with Gasteiger partial charge in [-0.2, -0.15) is 13.2 Å². The van der Waals surface area contributed by atoms with Crippen molar-refractivity contribution < 1.29 is 31.0 Å². The average Bonchev–Trinajstić information content (AvgIpc) is 3.32. The minimum atomic E-state index is -4.66. The highest BCUT2D eigenvalue weighted by molar-refractivity contribution is 7.95. The molecule has 198 valence electrons. The lowest BCUT2D eigenvalue weighted by Crippen LogP contribution is -2.55. The molecule has 1 aliphatic rings. The number of nitrogens with two attached hydrogens (primary N) is 1. The van der Waals surface area contributed by atoms with Gasteiger partial charge in [0.1, 0.15) is 39.9 Å². The van der Waals surface area contributed by atoms with Crippen molar-refractivity contribution in [2.75, 3.05) is 19.4 Å². The van der Waals surface area contributed by atoms with Crippen LogP contribution in [0, 0.1) is 5.82 Å². The molecule has 2 N–H and O–H groups in total. The van der Waals surface area contributed by atoms with Gasteiger partial charge in [0, 0.05) is 17.2 Å². The molecule has 14 heteroatoms. The molecule has 0 saturated heterocycles. The van der Waals surface area contributed by atoms with E-state index in [9.17, 15) is 17.4 Å². The van der Waals surface area contributed by atoms with E-state index in [2.05, 4.69) is 24.5 Å². The fraction of sp³-hybridized carbons (Fsp3) is 0.391. The van der Waals surface area contributed by atoms with Crippen LogP contribution in [0.25, 0.3) is 22.7 Å². The minimum absolute atomic E-state index is 0.0272. The molecular weight excluding hydrogens is 516 g/mol. The summed E-state index contributed by atoms with van der Waals surface area (Å²) in [5, 5.41) is 3.97. The van der Waals surface area contributed by atoms with Gasteiger partial charge < -0.3 is 15.0 Å². The molecule has 0 aliphatic carbocycles. The molecule has 0 saturated carbocycles. The average molecular weight is 541 g/mol. The van der Waals surface area contributed by atoms with Crippen molar-refractivity contribution >= 4 is 15.6 Å². The number of aliphatic imine (C=N–C) groups is 1. The first-order valence-corrected chi connectivity index (χ1v) is 12.6. The maximum absolute atomic E-state index is 15.1. The number of hydrogen-bond donors (Lipinski definition) is 1. The zero-order valence-corrected chi connectivity index (χ0v) is 21.2. The van der Waals surface area contributed by atoms with Gasteiger partial charge in [-0.25, -0.2) is 22.9 Å². The van der Waals surface area contributed by atoms with E-state index in [1.165, 1.54) is 52.4 Å². The monoisotopic (exact) mass is 540 g/mol. The van der Waals surface area contributed by atoms with E-state index in [1.807, 2.05) is 0 Å². The highest BCUT2D eigenvalue weighted by Crippen LogP contribution is 2.40. The molecule has 3 heterocycles. The molecule has 2 atom stereocenters. The molecule has 3 aromatic rings. The summed E-state index contributed by atoms with van der Waals surface area (Å²) in [6.45, 7) is 2.67. The van der Waals surface area contributed by atoms with Gasteiger partial charge in [0.05, 0.1) is 35.0 Å². The molecular formula is C23H24F4N6O3S. The first kappa shape index (κ1) is 26.5. The van der Waals surface area contributed by atoms with Crippen LogP contribution in [-0.4, -0.2) is 55.5 Å². The first-order chi connectivity index (χ1) is 17.2. The molecule has 0 radical (unpaired) electrons. The number of alkyl halides is 3. The maximum atomic E-state index is 15.1. The maximum Gasteiger partial charge on any atom is 0.408 e. The van der Waals surface area contributed by atoms with E-state index in [-0.39, 0.29) is 17.2 Å². The Balaban J connectivity index is 1.75. The van der Waals surface area contributed by atoms with Crippen molar-refractivity contribution in [3.8, 4) is 28.6 Å². The lowest BCUT2D eigenvalue weighted by Gasteiger charge is -2.40. The van der Waals surface area contributed by atoms with Crippen LogP contribution in [0.3, 0.4) is 0 Å². The Bertz CT molecular complexity index is 1480. The summed E-state index contributed by atoms with van der Waals surface area (Å²) < 4.78 is 80.2. The third-order valence-corrected chi connectivity index (χ3v) is 9.46. The summed E-state index contributed by atoms with van der Waals surface area (Å²) in [7, 11) is -2.16. The van der Waals surface area contributed by atoms with Gasteiger partial charge in [-0.05, 0) is 39.0 Å². The molecule has 1 aliphatic heterocycles. The number of aromatic nitrogens is 3. The summed E-state index contributed by atoms with van der Waals surface area (Å²) >= 11 is 0. The quantitative estimate of drug-likeness (QED) is 0.477. The highest BCUT2D eigenvalue weighted by Gasteiger charge is 2.48. The Hall–Kier alpha value is -3.55. The van der Waals surface area contributed by atoms with Gasteiger partial charge in [0.25, 0.3) is 0 Å². The summed E-state index contributed by atoms with van der Waals surface area (Å²) in [6, 6.07) is 5.58. The number of nitrogens with zero attached hydrogens (tertiary/aromatic N) is 5. The number of benzene rings is 1. The summed E-state index contributed by atoms with van der Waals surface area (Å²) in [5.74, 6) is -0.776. The highest BCUT2D eigenvalue weighted by atomic mass is 32.2. The van der Waals surface area contributed by atoms with Crippen LogP contribution in [0.1, 0.15) is 26.3 Å². The van der Waals surface area contributed by atoms with E-state index in [4.69, 9.17) is 15.0 Å². The van der Waals surface area contributed by atoms with Gasteiger partial charge in [-0.1, -0.05) is 5.16 Å². The second kappa shape index (κ2) is 9.08. The number of amidine groups is 1. The van der Waals surface area contributed by atoms with Crippen molar-refractivity contribution in [2.24, 2.45) is 15.1 Å². The van der Waals surface area contributed by atoms with Crippen LogP contribution in [0.5, 0.6) is 5.88 Å². The van der Waals surface area contributed by atoms with Crippen molar-refractivity contribution in [3.63, 3.8) is 0 Å². The van der Waals surface area contributed by atoms with Crippen LogP contribution in [0.15, 0.2) is 50.5 Å².